The largest absolute Gasteiger partial charge is 0.507 e. The summed E-state index contributed by atoms with van der Waals surface area (Å²) in [4.78, 5) is 26.8. The molecule has 1 N–H and O–H groups in total. The van der Waals surface area contributed by atoms with Crippen LogP contribution in [0.3, 0.4) is 0 Å². The predicted molar refractivity (Wildman–Crippen MR) is 98.7 cm³/mol. The van der Waals surface area contributed by atoms with Crippen LogP contribution in [0.4, 0.5) is 0 Å². The molecule has 5 heteroatoms. The number of rotatable bonds is 4. The van der Waals surface area contributed by atoms with Gasteiger partial charge in [-0.15, -0.1) is 0 Å². The van der Waals surface area contributed by atoms with Crippen molar-refractivity contribution in [1.82, 2.24) is 4.90 Å². The summed E-state index contributed by atoms with van der Waals surface area (Å²) < 4.78 is 5.72. The highest BCUT2D eigenvalue weighted by molar-refractivity contribution is 6.46. The lowest BCUT2D eigenvalue weighted by Crippen LogP contribution is -2.30. The first-order chi connectivity index (χ1) is 12.3. The lowest BCUT2D eigenvalue weighted by Gasteiger charge is -2.22. The Morgan fingerprint density at radius 1 is 1.15 bits per heavy atom. The molecule has 1 aliphatic heterocycles. The first-order valence-electron chi connectivity index (χ1n) is 8.77. The molecule has 1 atom stereocenters. The van der Waals surface area contributed by atoms with Crippen molar-refractivity contribution in [3.05, 3.63) is 64.1 Å². The number of aliphatic hydroxyl groups is 1. The summed E-state index contributed by atoms with van der Waals surface area (Å²) in [7, 11) is 0. The molecule has 0 bridgehead atoms. The van der Waals surface area contributed by atoms with Gasteiger partial charge in [0, 0.05) is 12.1 Å². The third-order valence-electron chi connectivity index (χ3n) is 4.68. The Kier molecular flexibility index (Phi) is 4.72. The maximum atomic E-state index is 12.7. The third-order valence-corrected chi connectivity index (χ3v) is 4.68. The van der Waals surface area contributed by atoms with Crippen molar-refractivity contribution in [2.24, 2.45) is 0 Å². The van der Waals surface area contributed by atoms with E-state index in [-0.39, 0.29) is 11.3 Å². The molecule has 1 aromatic heterocycles. The number of hydrogen-bond donors (Lipinski definition) is 1. The number of furan rings is 1. The van der Waals surface area contributed by atoms with Crippen LogP contribution in [-0.4, -0.2) is 28.2 Å². The van der Waals surface area contributed by atoms with Crippen LogP contribution < -0.4 is 0 Å². The summed E-state index contributed by atoms with van der Waals surface area (Å²) in [5.74, 6) is -0.244. The van der Waals surface area contributed by atoms with Crippen molar-refractivity contribution in [3.8, 4) is 0 Å². The van der Waals surface area contributed by atoms with E-state index in [1.54, 1.807) is 19.1 Å². The van der Waals surface area contributed by atoms with E-state index < -0.39 is 17.7 Å². The number of hydrogen-bond acceptors (Lipinski definition) is 4. The Morgan fingerprint density at radius 2 is 1.88 bits per heavy atom. The fourth-order valence-corrected chi connectivity index (χ4v) is 3.38. The van der Waals surface area contributed by atoms with Crippen LogP contribution in [0.25, 0.3) is 5.76 Å². The number of carbonyl (C=O) groups is 2. The van der Waals surface area contributed by atoms with E-state index in [0.29, 0.717) is 30.0 Å². The molecule has 1 aromatic carbocycles. The van der Waals surface area contributed by atoms with Crippen LogP contribution in [0.5, 0.6) is 0 Å². The van der Waals surface area contributed by atoms with Gasteiger partial charge in [0.25, 0.3) is 11.7 Å². The Balaban J connectivity index is 2.23. The lowest BCUT2D eigenvalue weighted by atomic mass is 9.96. The summed E-state index contributed by atoms with van der Waals surface area (Å²) in [6.45, 7) is 7.94. The molecule has 1 unspecified atom stereocenters. The van der Waals surface area contributed by atoms with E-state index in [9.17, 15) is 14.7 Å². The van der Waals surface area contributed by atoms with Gasteiger partial charge in [0.15, 0.2) is 0 Å². The summed E-state index contributed by atoms with van der Waals surface area (Å²) >= 11 is 0. The van der Waals surface area contributed by atoms with Crippen LogP contribution in [0.15, 0.2) is 40.3 Å². The number of Topliss-reactive ketones (excluding diaryl/α,β-unsaturated/α-hetero) is 1. The highest BCUT2D eigenvalue weighted by Crippen LogP contribution is 2.40. The second-order valence-corrected chi connectivity index (χ2v) is 6.76. The zero-order chi connectivity index (χ0) is 19.0. The third kappa shape index (κ3) is 2.94. The van der Waals surface area contributed by atoms with Crippen molar-refractivity contribution in [1.29, 1.82) is 0 Å². The number of nitrogens with zero attached hydrogens (tertiary/aromatic N) is 1. The van der Waals surface area contributed by atoms with E-state index in [2.05, 4.69) is 0 Å². The van der Waals surface area contributed by atoms with Gasteiger partial charge in [0.05, 0.1) is 5.57 Å². The van der Waals surface area contributed by atoms with Crippen LogP contribution in [0.1, 0.15) is 47.6 Å². The van der Waals surface area contributed by atoms with Crippen LogP contribution in [0, 0.1) is 20.8 Å². The molecule has 0 saturated carbocycles. The van der Waals surface area contributed by atoms with Gasteiger partial charge in [-0.3, -0.25) is 9.59 Å². The van der Waals surface area contributed by atoms with Gasteiger partial charge >= 0.3 is 0 Å². The Morgan fingerprint density at radius 3 is 2.50 bits per heavy atom. The molecule has 0 aliphatic carbocycles. The minimum absolute atomic E-state index is 0.0894. The first-order valence-corrected chi connectivity index (χ1v) is 8.77. The zero-order valence-corrected chi connectivity index (χ0v) is 15.5. The fraction of sp³-hybridized carbons (Fsp3) is 0.333. The number of likely N-dealkylation sites (tertiary alicyclic amines) is 1. The number of benzene rings is 1. The fourth-order valence-electron chi connectivity index (χ4n) is 3.38. The van der Waals surface area contributed by atoms with Gasteiger partial charge in [-0.1, -0.05) is 24.6 Å². The quantitative estimate of drug-likeness (QED) is 0.512. The second-order valence-electron chi connectivity index (χ2n) is 6.76. The number of aliphatic hydroxyl groups excluding tert-OH is 1. The average molecular weight is 353 g/mol. The number of aryl methyl sites for hydroxylation is 3. The molecule has 1 saturated heterocycles. The van der Waals surface area contributed by atoms with Gasteiger partial charge in [-0.2, -0.15) is 0 Å². The van der Waals surface area contributed by atoms with Gasteiger partial charge in [0.2, 0.25) is 0 Å². The average Bonchev–Trinajstić information content (AvgIpc) is 3.13. The Labute approximate surface area is 152 Å². The van der Waals surface area contributed by atoms with Gasteiger partial charge < -0.3 is 14.4 Å². The molecule has 2 aromatic rings. The number of carbonyl (C=O) groups excluding carboxylic acids is 2. The van der Waals surface area contributed by atoms with Gasteiger partial charge in [0.1, 0.15) is 23.3 Å². The molecule has 0 radical (unpaired) electrons. The van der Waals surface area contributed by atoms with Crippen molar-refractivity contribution in [2.75, 3.05) is 6.54 Å². The maximum absolute atomic E-state index is 12.7. The minimum Gasteiger partial charge on any atom is -0.507 e. The molecule has 0 spiro atoms. The SMILES string of the molecule is CCCN1C(=O)C(=O)/C(=C(/O)c2cc(C)ccc2C)C1c1ccc(C)o1. The van der Waals surface area contributed by atoms with E-state index in [4.69, 9.17) is 4.42 Å². The Bertz CT molecular complexity index is 906. The van der Waals surface area contributed by atoms with Crippen molar-refractivity contribution in [3.63, 3.8) is 0 Å². The van der Waals surface area contributed by atoms with Crippen molar-refractivity contribution in [2.45, 2.75) is 40.2 Å². The normalized spacial score (nSPS) is 19.4. The topological polar surface area (TPSA) is 70.8 Å². The molecule has 5 nitrogen and oxygen atoms in total. The van der Waals surface area contributed by atoms with E-state index in [0.717, 1.165) is 11.1 Å². The molecule has 2 heterocycles. The molecular weight excluding hydrogens is 330 g/mol. The van der Waals surface area contributed by atoms with Crippen LogP contribution >= 0.6 is 0 Å². The van der Waals surface area contributed by atoms with E-state index in [1.807, 2.05) is 39.0 Å². The van der Waals surface area contributed by atoms with E-state index >= 15 is 0 Å². The van der Waals surface area contributed by atoms with Gasteiger partial charge in [-0.25, -0.2) is 0 Å². The summed E-state index contributed by atoms with van der Waals surface area (Å²) in [6, 6.07) is 8.49. The predicted octanol–water partition coefficient (Wildman–Crippen LogP) is 4.04. The maximum Gasteiger partial charge on any atom is 0.295 e. The smallest absolute Gasteiger partial charge is 0.295 e. The minimum atomic E-state index is -0.705. The van der Waals surface area contributed by atoms with Crippen molar-refractivity contribution >= 4 is 17.4 Å². The summed E-state index contributed by atoms with van der Waals surface area (Å²) in [5.41, 5.74) is 2.45. The number of ketones is 1. The molecule has 26 heavy (non-hydrogen) atoms. The molecule has 136 valence electrons. The molecule has 1 fully saturated rings. The van der Waals surface area contributed by atoms with Crippen molar-refractivity contribution < 1.29 is 19.1 Å². The van der Waals surface area contributed by atoms with Crippen LogP contribution in [-0.2, 0) is 9.59 Å². The molecule has 3 rings (SSSR count). The zero-order valence-electron chi connectivity index (χ0n) is 15.5. The second kappa shape index (κ2) is 6.83. The monoisotopic (exact) mass is 353 g/mol. The lowest BCUT2D eigenvalue weighted by molar-refractivity contribution is -0.140. The summed E-state index contributed by atoms with van der Waals surface area (Å²) in [5, 5.41) is 11.0. The standard InChI is InChI=1S/C21H23NO4/c1-5-10-22-18(16-9-8-14(4)26-16)17(20(24)21(22)25)19(23)15-11-12(2)6-7-13(15)3/h6-9,11,18,23H,5,10H2,1-4H3/b19-17+. The van der Waals surface area contributed by atoms with Gasteiger partial charge in [-0.05, 0) is 51.0 Å². The highest BCUT2D eigenvalue weighted by atomic mass is 16.3. The molecule has 1 amide bonds. The molecule has 1 aliphatic rings. The first kappa shape index (κ1) is 18.0. The number of amides is 1. The van der Waals surface area contributed by atoms with E-state index in [1.165, 1.54) is 4.90 Å². The molecular formula is C21H23NO4. The van der Waals surface area contributed by atoms with Crippen LogP contribution in [0.2, 0.25) is 0 Å². The summed E-state index contributed by atoms with van der Waals surface area (Å²) in [6.07, 6.45) is 0.701. The highest BCUT2D eigenvalue weighted by Gasteiger charge is 2.47. The Hall–Kier alpha value is -2.82.